The van der Waals surface area contributed by atoms with Crippen LogP contribution in [-0.4, -0.2) is 24.1 Å². The van der Waals surface area contributed by atoms with Gasteiger partial charge in [0.2, 0.25) is 0 Å². The Labute approximate surface area is 239 Å². The molecule has 4 aromatic rings. The zero-order chi connectivity index (χ0) is 27.1. The number of aromatic nitrogens is 4. The molecule has 194 valence electrons. The Morgan fingerprint density at radius 2 is 1.27 bits per heavy atom. The van der Waals surface area contributed by atoms with E-state index in [4.69, 9.17) is 46.4 Å². The summed E-state index contributed by atoms with van der Waals surface area (Å²) in [5, 5.41) is 2.80. The van der Waals surface area contributed by atoms with E-state index >= 15 is 0 Å². The maximum Gasteiger partial charge on any atom is 0.251 e. The number of thioether (sulfide) groups is 1. The first-order chi connectivity index (χ1) is 17.5. The van der Waals surface area contributed by atoms with E-state index < -0.39 is 10.8 Å². The minimum absolute atomic E-state index is 0.102. The van der Waals surface area contributed by atoms with Crippen LogP contribution < -0.4 is 11.1 Å². The number of hydrogen-bond donors (Lipinski definition) is 2. The lowest BCUT2D eigenvalue weighted by atomic mass is 10.2. The molecule has 0 aliphatic heterocycles. The second-order valence-electron chi connectivity index (χ2n) is 7.56. The van der Waals surface area contributed by atoms with Crippen molar-refractivity contribution in [1.29, 1.82) is 0 Å². The van der Waals surface area contributed by atoms with Gasteiger partial charge in [-0.25, -0.2) is 9.97 Å². The predicted molar refractivity (Wildman–Crippen MR) is 152 cm³/mol. The lowest BCUT2D eigenvalue weighted by Crippen LogP contribution is -2.13. The maximum atomic E-state index is 12.2. The largest absolute Gasteiger partial charge is 0.301 e. The first-order valence-electron chi connectivity index (χ1n) is 10.6. The van der Waals surface area contributed by atoms with Gasteiger partial charge in [0.15, 0.2) is 10.3 Å². The number of nitrogens with one attached hydrogen (secondary N) is 2. The number of H-pyrrole nitrogens is 2. The van der Waals surface area contributed by atoms with Crippen molar-refractivity contribution in [1.82, 2.24) is 19.9 Å². The molecule has 0 saturated heterocycles. The summed E-state index contributed by atoms with van der Waals surface area (Å²) in [7, 11) is -1.51. The molecular formula is C24H20Cl4N4O3S2. The van der Waals surface area contributed by atoms with Gasteiger partial charge in [-0.2, -0.15) is 0 Å². The van der Waals surface area contributed by atoms with E-state index in [2.05, 4.69) is 19.9 Å². The molecule has 0 amide bonds. The van der Waals surface area contributed by atoms with E-state index in [1.165, 1.54) is 23.9 Å². The molecule has 0 aliphatic rings. The van der Waals surface area contributed by atoms with E-state index in [-0.39, 0.29) is 22.0 Å². The fourth-order valence-corrected chi connectivity index (χ4v) is 6.48. The summed E-state index contributed by atoms with van der Waals surface area (Å²) in [6.45, 7) is 3.44. The number of benzene rings is 2. The highest BCUT2D eigenvalue weighted by Crippen LogP contribution is 2.30. The minimum atomic E-state index is -1.51. The SMILES string of the molecule is Cc1cc(=O)[nH]c(S(=O)Cc2c(Cl)cccc2Cl)n1.Cc1cc(=O)[nH]c(SCc2c(Cl)cccc2Cl)n1. The molecular weight excluding hydrogens is 598 g/mol. The van der Waals surface area contributed by atoms with E-state index in [1.807, 2.05) is 0 Å². The average molecular weight is 618 g/mol. The molecule has 2 aromatic heterocycles. The van der Waals surface area contributed by atoms with Crippen molar-refractivity contribution in [3.63, 3.8) is 0 Å². The molecule has 7 nitrogen and oxygen atoms in total. The number of halogens is 4. The van der Waals surface area contributed by atoms with Crippen molar-refractivity contribution in [2.45, 2.75) is 35.7 Å². The van der Waals surface area contributed by atoms with Crippen LogP contribution in [0.2, 0.25) is 20.1 Å². The molecule has 0 saturated carbocycles. The third-order valence-corrected chi connectivity index (χ3v) is 8.16. The first kappa shape index (κ1) is 29.4. The Morgan fingerprint density at radius 1 is 0.784 bits per heavy atom. The van der Waals surface area contributed by atoms with Crippen molar-refractivity contribution in [3.05, 3.63) is 112 Å². The number of rotatable bonds is 6. The van der Waals surface area contributed by atoms with Crippen molar-refractivity contribution >= 4 is 69.0 Å². The van der Waals surface area contributed by atoms with E-state index in [0.29, 0.717) is 48.0 Å². The molecule has 13 heteroatoms. The van der Waals surface area contributed by atoms with Gasteiger partial charge in [-0.15, -0.1) is 0 Å². The number of aromatic amines is 2. The quantitative estimate of drug-likeness (QED) is 0.192. The zero-order valence-corrected chi connectivity index (χ0v) is 24.1. The lowest BCUT2D eigenvalue weighted by molar-refractivity contribution is 0.673. The fraction of sp³-hybridized carbons (Fsp3) is 0.167. The zero-order valence-electron chi connectivity index (χ0n) is 19.5. The van der Waals surface area contributed by atoms with Crippen LogP contribution in [0.25, 0.3) is 0 Å². The summed E-state index contributed by atoms with van der Waals surface area (Å²) in [5.41, 5.74) is 2.13. The standard InChI is InChI=1S/C12H10Cl2N2O2S.C12H10Cl2N2OS/c1-7-5-11(17)16-12(15-7)19(18)6-8-9(13)3-2-4-10(8)14;1-7-5-11(17)16-12(15-7)18-6-8-9(13)3-2-4-10(8)14/h2-5H,6H2,1H3,(H,15,16,17);2-5H,6H2,1H3,(H,15,16,17). The number of nitrogens with zero attached hydrogens (tertiary/aromatic N) is 2. The van der Waals surface area contributed by atoms with Crippen molar-refractivity contribution in [2.24, 2.45) is 0 Å². The summed E-state index contributed by atoms with van der Waals surface area (Å²) < 4.78 is 12.2. The highest BCUT2D eigenvalue weighted by atomic mass is 35.5. The lowest BCUT2D eigenvalue weighted by Gasteiger charge is -2.06. The molecule has 0 radical (unpaired) electrons. The van der Waals surface area contributed by atoms with Gasteiger partial charge in [0.1, 0.15) is 0 Å². The Morgan fingerprint density at radius 3 is 1.78 bits per heavy atom. The van der Waals surface area contributed by atoms with Crippen LogP contribution in [0.4, 0.5) is 0 Å². The highest BCUT2D eigenvalue weighted by Gasteiger charge is 2.13. The molecule has 2 heterocycles. The normalized spacial score (nSPS) is 11.5. The van der Waals surface area contributed by atoms with Crippen LogP contribution in [0.5, 0.6) is 0 Å². The Hall–Kier alpha value is -2.14. The third-order valence-electron chi connectivity index (χ3n) is 4.66. The summed E-state index contributed by atoms with van der Waals surface area (Å²) in [5.74, 6) is 0.662. The van der Waals surface area contributed by atoms with E-state index in [9.17, 15) is 13.8 Å². The van der Waals surface area contributed by atoms with Crippen LogP contribution in [-0.2, 0) is 22.3 Å². The second-order valence-corrected chi connectivity index (χ2v) is 11.5. The minimum Gasteiger partial charge on any atom is -0.301 e. The topological polar surface area (TPSA) is 109 Å². The third kappa shape index (κ3) is 8.70. The summed E-state index contributed by atoms with van der Waals surface area (Å²) in [6, 6.07) is 13.2. The van der Waals surface area contributed by atoms with Gasteiger partial charge >= 0.3 is 0 Å². The van der Waals surface area contributed by atoms with Gasteiger partial charge in [0.25, 0.3) is 11.1 Å². The molecule has 0 aliphatic carbocycles. The monoisotopic (exact) mass is 616 g/mol. The van der Waals surface area contributed by atoms with Gasteiger partial charge in [-0.3, -0.25) is 18.8 Å². The average Bonchev–Trinajstić information content (AvgIpc) is 2.80. The number of hydrogen-bond acceptors (Lipinski definition) is 6. The van der Waals surface area contributed by atoms with Crippen molar-refractivity contribution < 1.29 is 4.21 Å². The Bertz CT molecular complexity index is 1520. The van der Waals surface area contributed by atoms with Gasteiger partial charge in [-0.1, -0.05) is 70.3 Å². The Kier molecular flexibility index (Phi) is 10.8. The van der Waals surface area contributed by atoms with Gasteiger partial charge < -0.3 is 4.98 Å². The van der Waals surface area contributed by atoms with E-state index in [0.717, 1.165) is 5.56 Å². The predicted octanol–water partition coefficient (Wildman–Crippen LogP) is 6.37. The summed E-state index contributed by atoms with van der Waals surface area (Å²) in [6.07, 6.45) is 0. The molecule has 2 aromatic carbocycles. The maximum absolute atomic E-state index is 12.2. The fourth-order valence-electron chi connectivity index (χ4n) is 2.96. The molecule has 37 heavy (non-hydrogen) atoms. The molecule has 0 bridgehead atoms. The van der Waals surface area contributed by atoms with Crippen LogP contribution in [0.1, 0.15) is 22.5 Å². The molecule has 4 rings (SSSR count). The summed E-state index contributed by atoms with van der Waals surface area (Å²) in [4.78, 5) is 36.0. The molecule has 0 spiro atoms. The van der Waals surface area contributed by atoms with Crippen LogP contribution in [0, 0.1) is 13.8 Å². The molecule has 0 fully saturated rings. The molecule has 1 unspecified atom stereocenters. The van der Waals surface area contributed by atoms with Crippen molar-refractivity contribution in [3.8, 4) is 0 Å². The molecule has 2 N–H and O–H groups in total. The number of aryl methyl sites for hydroxylation is 2. The molecule has 1 atom stereocenters. The summed E-state index contributed by atoms with van der Waals surface area (Å²) >= 11 is 25.6. The van der Waals surface area contributed by atoms with Crippen molar-refractivity contribution in [2.75, 3.05) is 0 Å². The first-order valence-corrected chi connectivity index (χ1v) is 14.4. The Balaban J connectivity index is 0.000000206. The second kappa shape index (κ2) is 13.6. The van der Waals surface area contributed by atoms with Crippen LogP contribution in [0.15, 0.2) is 68.4 Å². The van der Waals surface area contributed by atoms with Gasteiger partial charge in [0.05, 0.1) is 16.6 Å². The van der Waals surface area contributed by atoms with E-state index in [1.54, 1.807) is 50.2 Å². The highest BCUT2D eigenvalue weighted by molar-refractivity contribution is 7.98. The van der Waals surface area contributed by atoms with Gasteiger partial charge in [0, 0.05) is 54.9 Å². The van der Waals surface area contributed by atoms with Crippen LogP contribution >= 0.6 is 58.2 Å². The van der Waals surface area contributed by atoms with Gasteiger partial charge in [-0.05, 0) is 43.7 Å². The van der Waals surface area contributed by atoms with Crippen LogP contribution in [0.3, 0.4) is 0 Å². The smallest absolute Gasteiger partial charge is 0.251 e.